The van der Waals surface area contributed by atoms with Crippen molar-refractivity contribution < 1.29 is 18.6 Å². The van der Waals surface area contributed by atoms with Crippen molar-refractivity contribution in [2.24, 2.45) is 0 Å². The number of hydrogen-bond acceptors (Lipinski definition) is 3. The fourth-order valence-corrected chi connectivity index (χ4v) is 0.976. The van der Waals surface area contributed by atoms with E-state index in [1.807, 2.05) is 0 Å². The van der Waals surface area contributed by atoms with E-state index in [0.29, 0.717) is 6.42 Å². The van der Waals surface area contributed by atoms with E-state index in [0.717, 1.165) is 6.07 Å². The van der Waals surface area contributed by atoms with Gasteiger partial charge in [-0.3, -0.25) is 0 Å². The molecule has 0 spiro atoms. The van der Waals surface area contributed by atoms with Crippen LogP contribution >= 0.6 is 0 Å². The zero-order valence-corrected chi connectivity index (χ0v) is 7.83. The molecule has 3 nitrogen and oxygen atoms in total. The number of aliphatic hydroxyl groups is 1. The van der Waals surface area contributed by atoms with E-state index in [1.54, 1.807) is 0 Å². The topological polar surface area (TPSA) is 53.2 Å². The molecule has 15 heavy (non-hydrogen) atoms. The van der Waals surface area contributed by atoms with E-state index in [4.69, 9.17) is 15.1 Å². The van der Waals surface area contributed by atoms with E-state index >= 15 is 0 Å². The van der Waals surface area contributed by atoms with Gasteiger partial charge in [-0.2, -0.15) is 9.65 Å². The van der Waals surface area contributed by atoms with Gasteiger partial charge < -0.3 is 9.84 Å². The van der Waals surface area contributed by atoms with Gasteiger partial charge in [-0.05, 0) is 12.1 Å². The summed E-state index contributed by atoms with van der Waals surface area (Å²) in [6.07, 6.45) is 0.334. The lowest BCUT2D eigenvalue weighted by atomic mass is 10.2. The minimum Gasteiger partial charge on any atom is -0.490 e. The van der Waals surface area contributed by atoms with Crippen molar-refractivity contribution in [1.82, 2.24) is 0 Å². The summed E-state index contributed by atoms with van der Waals surface area (Å²) >= 11 is 0. The zero-order valence-electron chi connectivity index (χ0n) is 7.83. The van der Waals surface area contributed by atoms with Crippen LogP contribution in [0.1, 0.15) is 12.0 Å². The van der Waals surface area contributed by atoms with Gasteiger partial charge in [0.1, 0.15) is 6.07 Å². The van der Waals surface area contributed by atoms with Crippen LogP contribution in [0.25, 0.3) is 0 Å². The van der Waals surface area contributed by atoms with E-state index in [-0.39, 0.29) is 24.5 Å². The Hall–Kier alpha value is -1.67. The van der Waals surface area contributed by atoms with E-state index in [9.17, 15) is 8.78 Å². The molecule has 0 aliphatic rings. The van der Waals surface area contributed by atoms with Crippen LogP contribution in [0.2, 0.25) is 0 Å². The Balaban J connectivity index is 2.83. The molecule has 0 aliphatic heterocycles. The van der Waals surface area contributed by atoms with Gasteiger partial charge in [-0.1, -0.05) is 0 Å². The molecule has 1 rings (SSSR count). The van der Waals surface area contributed by atoms with Crippen LogP contribution in [0.3, 0.4) is 0 Å². The molecule has 0 radical (unpaired) electrons. The molecule has 0 heterocycles. The highest BCUT2D eigenvalue weighted by Gasteiger charge is 2.13. The highest BCUT2D eigenvalue weighted by atomic mass is 19.2. The summed E-state index contributed by atoms with van der Waals surface area (Å²) in [5, 5.41) is 16.9. The van der Waals surface area contributed by atoms with Crippen LogP contribution in [0.4, 0.5) is 8.78 Å². The first-order chi connectivity index (χ1) is 7.20. The van der Waals surface area contributed by atoms with E-state index in [1.165, 1.54) is 12.1 Å². The number of aliphatic hydroxyl groups excluding tert-OH is 1. The number of rotatable bonds is 4. The predicted molar refractivity (Wildman–Crippen MR) is 48.3 cm³/mol. The minimum atomic E-state index is -1.21. The standard InChI is InChI=1S/C10H9F2NO2/c11-9-7(6-13)2-3-8(10(9)12)15-5-1-4-14/h2-3,14H,1,4-5H2. The van der Waals surface area contributed by atoms with Crippen LogP contribution in [0.5, 0.6) is 5.75 Å². The van der Waals surface area contributed by atoms with Crippen LogP contribution < -0.4 is 4.74 Å². The SMILES string of the molecule is N#Cc1ccc(OCCCO)c(F)c1F. The van der Waals surface area contributed by atoms with Crippen molar-refractivity contribution in [2.45, 2.75) is 6.42 Å². The molecule has 0 fully saturated rings. The van der Waals surface area contributed by atoms with Gasteiger partial charge in [0, 0.05) is 13.0 Å². The Morgan fingerprint density at radius 1 is 1.33 bits per heavy atom. The summed E-state index contributed by atoms with van der Waals surface area (Å²) in [6.45, 7) is 0.0130. The fourth-order valence-electron chi connectivity index (χ4n) is 0.976. The molecule has 0 saturated carbocycles. The number of benzene rings is 1. The Kier molecular flexibility index (Phi) is 4.01. The van der Waals surface area contributed by atoms with Crippen LogP contribution in [0.15, 0.2) is 12.1 Å². The summed E-state index contributed by atoms with van der Waals surface area (Å²) < 4.78 is 31.1. The first kappa shape index (κ1) is 11.4. The summed E-state index contributed by atoms with van der Waals surface area (Å²) in [5.74, 6) is -2.63. The summed E-state index contributed by atoms with van der Waals surface area (Å²) in [7, 11) is 0. The minimum absolute atomic E-state index is 0.0830. The van der Waals surface area contributed by atoms with Crippen LogP contribution in [0, 0.1) is 23.0 Å². The average molecular weight is 213 g/mol. The van der Waals surface area contributed by atoms with Gasteiger partial charge in [-0.25, -0.2) is 4.39 Å². The highest BCUT2D eigenvalue weighted by Crippen LogP contribution is 2.22. The lowest BCUT2D eigenvalue weighted by Gasteiger charge is -2.06. The predicted octanol–water partition coefficient (Wildman–Crippen LogP) is 1.60. The van der Waals surface area contributed by atoms with Crippen molar-refractivity contribution in [1.29, 1.82) is 5.26 Å². The third kappa shape index (κ3) is 2.64. The monoisotopic (exact) mass is 213 g/mol. The van der Waals surface area contributed by atoms with Crippen molar-refractivity contribution in [2.75, 3.05) is 13.2 Å². The third-order valence-corrected chi connectivity index (χ3v) is 1.73. The number of ether oxygens (including phenoxy) is 1. The Morgan fingerprint density at radius 2 is 2.07 bits per heavy atom. The lowest BCUT2D eigenvalue weighted by molar-refractivity contribution is 0.227. The lowest BCUT2D eigenvalue weighted by Crippen LogP contribution is -2.03. The Morgan fingerprint density at radius 3 is 2.67 bits per heavy atom. The summed E-state index contributed by atoms with van der Waals surface area (Å²) in [6, 6.07) is 3.85. The zero-order chi connectivity index (χ0) is 11.3. The maximum atomic E-state index is 13.2. The molecule has 5 heteroatoms. The van der Waals surface area contributed by atoms with E-state index < -0.39 is 11.6 Å². The normalized spacial score (nSPS) is 9.73. The molecule has 0 bridgehead atoms. The van der Waals surface area contributed by atoms with E-state index in [2.05, 4.69) is 0 Å². The summed E-state index contributed by atoms with van der Waals surface area (Å²) in [5.41, 5.74) is -0.359. The van der Waals surface area contributed by atoms with Gasteiger partial charge in [0.2, 0.25) is 5.82 Å². The number of nitriles is 1. The van der Waals surface area contributed by atoms with Crippen molar-refractivity contribution >= 4 is 0 Å². The molecule has 1 aromatic rings. The van der Waals surface area contributed by atoms with Gasteiger partial charge in [-0.15, -0.1) is 0 Å². The van der Waals surface area contributed by atoms with Crippen molar-refractivity contribution in [3.8, 4) is 11.8 Å². The molecule has 1 N–H and O–H groups in total. The highest BCUT2D eigenvalue weighted by molar-refractivity contribution is 5.37. The molecule has 0 atom stereocenters. The van der Waals surface area contributed by atoms with Gasteiger partial charge in [0.25, 0.3) is 0 Å². The fraction of sp³-hybridized carbons (Fsp3) is 0.300. The second-order valence-electron chi connectivity index (χ2n) is 2.78. The summed E-state index contributed by atoms with van der Waals surface area (Å²) in [4.78, 5) is 0. The largest absolute Gasteiger partial charge is 0.490 e. The molecular formula is C10H9F2NO2. The van der Waals surface area contributed by atoms with Gasteiger partial charge in [0.15, 0.2) is 11.6 Å². The first-order valence-corrected chi connectivity index (χ1v) is 4.32. The average Bonchev–Trinajstić information content (AvgIpc) is 2.25. The maximum absolute atomic E-state index is 13.2. The second-order valence-corrected chi connectivity index (χ2v) is 2.78. The third-order valence-electron chi connectivity index (χ3n) is 1.73. The molecule has 0 aromatic heterocycles. The van der Waals surface area contributed by atoms with Gasteiger partial charge >= 0.3 is 0 Å². The molecule has 0 amide bonds. The second kappa shape index (κ2) is 5.27. The molecule has 0 aliphatic carbocycles. The molecule has 80 valence electrons. The number of nitrogens with zero attached hydrogens (tertiary/aromatic N) is 1. The smallest absolute Gasteiger partial charge is 0.201 e. The molecule has 0 unspecified atom stereocenters. The quantitative estimate of drug-likeness (QED) is 0.773. The van der Waals surface area contributed by atoms with Crippen molar-refractivity contribution in [3.05, 3.63) is 29.3 Å². The van der Waals surface area contributed by atoms with Gasteiger partial charge in [0.05, 0.1) is 12.2 Å². The molecule has 0 saturated heterocycles. The molecule has 1 aromatic carbocycles. The number of hydrogen-bond donors (Lipinski definition) is 1. The first-order valence-electron chi connectivity index (χ1n) is 4.32. The number of halogens is 2. The maximum Gasteiger partial charge on any atom is 0.201 e. The van der Waals surface area contributed by atoms with Crippen LogP contribution in [-0.2, 0) is 0 Å². The Bertz CT molecular complexity index is 388. The van der Waals surface area contributed by atoms with Crippen LogP contribution in [-0.4, -0.2) is 18.3 Å². The van der Waals surface area contributed by atoms with Crippen molar-refractivity contribution in [3.63, 3.8) is 0 Å². The molecular weight excluding hydrogens is 204 g/mol. The Labute approximate surface area is 85.5 Å².